The number of likely N-dealkylation sites (tertiary alicyclic amines) is 1. The molecule has 1 aliphatic heterocycles. The Bertz CT molecular complexity index is 696. The maximum Gasteiger partial charge on any atom is 0.243 e. The Kier molecular flexibility index (Phi) is 14.3. The van der Waals surface area contributed by atoms with Crippen LogP contribution in [0.2, 0.25) is 0 Å². The van der Waals surface area contributed by atoms with E-state index < -0.39 is 0 Å². The molecule has 1 saturated heterocycles. The molecule has 1 heterocycles. The normalized spacial score (nSPS) is 15.1. The number of nitrogens with one attached hydrogen (secondary N) is 2. The summed E-state index contributed by atoms with van der Waals surface area (Å²) in [4.78, 5) is 20.6. The highest BCUT2D eigenvalue weighted by molar-refractivity contribution is 14.0. The van der Waals surface area contributed by atoms with Crippen molar-refractivity contribution < 1.29 is 14.3 Å². The SMILES string of the molecule is CCOCCCNC(=NCC(=O)N(C)C)NCC(c1cccc(OC)c1)N1CCCC1.I. The number of benzene rings is 1. The van der Waals surface area contributed by atoms with Crippen LogP contribution >= 0.6 is 24.0 Å². The number of halogens is 1. The number of amides is 1. The Hall–Kier alpha value is -1.59. The zero-order valence-electron chi connectivity index (χ0n) is 19.9. The van der Waals surface area contributed by atoms with E-state index in [2.05, 4.69) is 32.7 Å². The molecule has 0 aromatic heterocycles. The summed E-state index contributed by atoms with van der Waals surface area (Å²) in [5, 5.41) is 6.80. The molecule has 1 aromatic rings. The third kappa shape index (κ3) is 9.91. The van der Waals surface area contributed by atoms with Gasteiger partial charge in [0.15, 0.2) is 5.96 Å². The van der Waals surface area contributed by atoms with Gasteiger partial charge in [-0.25, -0.2) is 4.99 Å². The van der Waals surface area contributed by atoms with Crippen molar-refractivity contribution in [3.8, 4) is 5.75 Å². The molecule has 0 saturated carbocycles. The molecule has 1 amide bonds. The van der Waals surface area contributed by atoms with Gasteiger partial charge in [0, 0.05) is 40.4 Å². The summed E-state index contributed by atoms with van der Waals surface area (Å²) in [6.45, 7) is 7.11. The lowest BCUT2D eigenvalue weighted by Crippen LogP contribution is -2.43. The van der Waals surface area contributed by atoms with Crippen LogP contribution in [-0.4, -0.2) is 88.8 Å². The average molecular weight is 562 g/mol. The third-order valence-electron chi connectivity index (χ3n) is 5.36. The number of guanidine groups is 1. The van der Waals surface area contributed by atoms with Crippen molar-refractivity contribution in [2.24, 2.45) is 4.99 Å². The summed E-state index contributed by atoms with van der Waals surface area (Å²) in [7, 11) is 5.18. The predicted octanol–water partition coefficient (Wildman–Crippen LogP) is 2.50. The Morgan fingerprint density at radius 2 is 2.00 bits per heavy atom. The molecule has 182 valence electrons. The standard InChI is InChI=1S/C23H39N5O3.HI/c1-5-31-15-9-12-24-23(26-18-22(29)27(2)3)25-17-21(28-13-6-7-14-28)19-10-8-11-20(16-19)30-4;/h8,10-11,16,21H,5-7,9,12-15,17-18H2,1-4H3,(H2,24,25,26);1H. The highest BCUT2D eigenvalue weighted by Gasteiger charge is 2.24. The zero-order valence-corrected chi connectivity index (χ0v) is 22.3. The molecule has 2 rings (SSSR count). The van der Waals surface area contributed by atoms with Crippen molar-refractivity contribution in [1.29, 1.82) is 0 Å². The molecule has 1 atom stereocenters. The number of hydrogen-bond donors (Lipinski definition) is 2. The Labute approximate surface area is 210 Å². The Balaban J connectivity index is 0.00000512. The van der Waals surface area contributed by atoms with Crippen molar-refractivity contribution in [2.45, 2.75) is 32.2 Å². The van der Waals surface area contributed by atoms with E-state index in [1.54, 1.807) is 26.1 Å². The summed E-state index contributed by atoms with van der Waals surface area (Å²) < 4.78 is 10.8. The first-order valence-corrected chi connectivity index (χ1v) is 11.2. The highest BCUT2D eigenvalue weighted by Crippen LogP contribution is 2.27. The zero-order chi connectivity index (χ0) is 22.5. The molecule has 1 aliphatic rings. The quantitative estimate of drug-likeness (QED) is 0.177. The molecule has 1 aromatic carbocycles. The van der Waals surface area contributed by atoms with Gasteiger partial charge in [0.25, 0.3) is 0 Å². The van der Waals surface area contributed by atoms with Gasteiger partial charge >= 0.3 is 0 Å². The third-order valence-corrected chi connectivity index (χ3v) is 5.36. The van der Waals surface area contributed by atoms with Gasteiger partial charge in [0.2, 0.25) is 5.91 Å². The molecule has 9 heteroatoms. The molecule has 0 radical (unpaired) electrons. The number of hydrogen-bond acceptors (Lipinski definition) is 5. The topological polar surface area (TPSA) is 78.4 Å². The Morgan fingerprint density at radius 1 is 1.25 bits per heavy atom. The smallest absolute Gasteiger partial charge is 0.243 e. The second-order valence-electron chi connectivity index (χ2n) is 7.85. The van der Waals surface area contributed by atoms with Crippen molar-refractivity contribution in [1.82, 2.24) is 20.4 Å². The fourth-order valence-electron chi connectivity index (χ4n) is 3.54. The summed E-state index contributed by atoms with van der Waals surface area (Å²) in [5.74, 6) is 1.49. The van der Waals surface area contributed by atoms with Crippen LogP contribution < -0.4 is 15.4 Å². The van der Waals surface area contributed by atoms with Gasteiger partial charge in [-0.05, 0) is 57.0 Å². The summed E-state index contributed by atoms with van der Waals surface area (Å²) in [6.07, 6.45) is 3.31. The number of ether oxygens (including phenoxy) is 2. The number of nitrogens with zero attached hydrogens (tertiary/aromatic N) is 3. The lowest BCUT2D eigenvalue weighted by Gasteiger charge is -2.29. The summed E-state index contributed by atoms with van der Waals surface area (Å²) in [6, 6.07) is 8.46. The number of methoxy groups -OCH3 is 1. The largest absolute Gasteiger partial charge is 0.497 e. The second kappa shape index (κ2) is 16.1. The molecule has 2 N–H and O–H groups in total. The lowest BCUT2D eigenvalue weighted by molar-refractivity contribution is -0.127. The molecular weight excluding hydrogens is 521 g/mol. The van der Waals surface area contributed by atoms with Crippen LogP contribution in [0.5, 0.6) is 5.75 Å². The number of carbonyl (C=O) groups excluding carboxylic acids is 1. The number of aliphatic imine (C=N–C) groups is 1. The molecule has 1 fully saturated rings. The van der Waals surface area contributed by atoms with Gasteiger partial charge < -0.3 is 25.0 Å². The van der Waals surface area contributed by atoms with E-state index in [1.807, 2.05) is 19.1 Å². The average Bonchev–Trinajstić information content (AvgIpc) is 3.31. The minimum Gasteiger partial charge on any atom is -0.497 e. The first-order valence-electron chi connectivity index (χ1n) is 11.2. The van der Waals surface area contributed by atoms with E-state index in [4.69, 9.17) is 9.47 Å². The van der Waals surface area contributed by atoms with Crippen molar-refractivity contribution in [2.75, 3.05) is 67.1 Å². The van der Waals surface area contributed by atoms with E-state index in [0.717, 1.165) is 31.8 Å². The fraction of sp³-hybridized carbons (Fsp3) is 0.652. The summed E-state index contributed by atoms with van der Waals surface area (Å²) >= 11 is 0. The van der Waals surface area contributed by atoms with Crippen LogP contribution in [0.4, 0.5) is 0 Å². The first-order chi connectivity index (χ1) is 15.0. The van der Waals surface area contributed by atoms with Crippen molar-refractivity contribution >= 4 is 35.8 Å². The van der Waals surface area contributed by atoms with Crippen LogP contribution in [0.15, 0.2) is 29.3 Å². The predicted molar refractivity (Wildman–Crippen MR) is 140 cm³/mol. The molecule has 8 nitrogen and oxygen atoms in total. The number of carbonyl (C=O) groups is 1. The van der Waals surface area contributed by atoms with E-state index in [9.17, 15) is 4.79 Å². The highest BCUT2D eigenvalue weighted by atomic mass is 127. The van der Waals surface area contributed by atoms with Gasteiger partial charge in [-0.1, -0.05) is 12.1 Å². The second-order valence-corrected chi connectivity index (χ2v) is 7.85. The minimum absolute atomic E-state index is 0. The minimum atomic E-state index is -0.0284. The first kappa shape index (κ1) is 28.4. The summed E-state index contributed by atoms with van der Waals surface area (Å²) in [5.41, 5.74) is 1.22. The molecule has 0 aliphatic carbocycles. The lowest BCUT2D eigenvalue weighted by atomic mass is 10.1. The van der Waals surface area contributed by atoms with E-state index in [-0.39, 0.29) is 42.5 Å². The maximum absolute atomic E-state index is 12.0. The molecule has 1 unspecified atom stereocenters. The maximum atomic E-state index is 12.0. The number of likely N-dealkylation sites (N-methyl/N-ethyl adjacent to an activating group) is 1. The van der Waals surface area contributed by atoms with E-state index in [0.29, 0.717) is 25.7 Å². The van der Waals surface area contributed by atoms with Gasteiger partial charge in [-0.15, -0.1) is 24.0 Å². The Morgan fingerprint density at radius 3 is 2.66 bits per heavy atom. The van der Waals surface area contributed by atoms with Gasteiger partial charge in [0.1, 0.15) is 12.3 Å². The molecule has 0 bridgehead atoms. The fourth-order valence-corrected chi connectivity index (χ4v) is 3.54. The van der Waals surface area contributed by atoms with Crippen LogP contribution in [0.25, 0.3) is 0 Å². The van der Waals surface area contributed by atoms with Crippen LogP contribution in [0, 0.1) is 0 Å². The molecule has 32 heavy (non-hydrogen) atoms. The van der Waals surface area contributed by atoms with E-state index >= 15 is 0 Å². The molecular formula is C23H40IN5O3. The van der Waals surface area contributed by atoms with Gasteiger partial charge in [-0.3, -0.25) is 9.69 Å². The van der Waals surface area contributed by atoms with Crippen LogP contribution in [0.3, 0.4) is 0 Å². The monoisotopic (exact) mass is 561 g/mol. The van der Waals surface area contributed by atoms with Crippen LogP contribution in [-0.2, 0) is 9.53 Å². The van der Waals surface area contributed by atoms with Crippen molar-refractivity contribution in [3.63, 3.8) is 0 Å². The molecule has 0 spiro atoms. The number of rotatable bonds is 12. The van der Waals surface area contributed by atoms with E-state index in [1.165, 1.54) is 18.4 Å². The van der Waals surface area contributed by atoms with Crippen LogP contribution in [0.1, 0.15) is 37.8 Å². The van der Waals surface area contributed by atoms with Crippen molar-refractivity contribution in [3.05, 3.63) is 29.8 Å². The van der Waals surface area contributed by atoms with Gasteiger partial charge in [-0.2, -0.15) is 0 Å². The van der Waals surface area contributed by atoms with Gasteiger partial charge in [0.05, 0.1) is 13.2 Å².